The van der Waals surface area contributed by atoms with Crippen LogP contribution in [0.2, 0.25) is 0 Å². The lowest BCUT2D eigenvalue weighted by atomic mass is 9.97. The van der Waals surface area contributed by atoms with Crippen LogP contribution in [-0.2, 0) is 11.2 Å². The predicted molar refractivity (Wildman–Crippen MR) is 61.9 cm³/mol. The molecule has 0 spiro atoms. The Bertz CT molecular complexity index is 384. The van der Waals surface area contributed by atoms with E-state index in [1.54, 1.807) is 0 Å². The second-order valence-corrected chi connectivity index (χ2v) is 3.92. The minimum Gasteiger partial charge on any atom is -0.372 e. The van der Waals surface area contributed by atoms with Crippen LogP contribution in [-0.4, -0.2) is 19.7 Å². The Labute approximate surface area is 96.0 Å². The summed E-state index contributed by atoms with van der Waals surface area (Å²) in [5.74, 6) is 0. The molecule has 1 heterocycles. The summed E-state index contributed by atoms with van der Waals surface area (Å²) in [6.45, 7) is 2.32. The highest BCUT2D eigenvalue weighted by atomic mass is 16.5. The van der Waals surface area contributed by atoms with Crippen molar-refractivity contribution in [3.8, 4) is 6.07 Å². The quantitative estimate of drug-likeness (QED) is 0.781. The average molecular weight is 216 g/mol. The van der Waals surface area contributed by atoms with Crippen LogP contribution in [0.3, 0.4) is 0 Å². The SMILES string of the molecule is N#CCCNC[C@@H]1OCCc2ccccc21. The molecule has 1 N–H and O–H groups in total. The van der Waals surface area contributed by atoms with Crippen LogP contribution < -0.4 is 5.32 Å². The van der Waals surface area contributed by atoms with Gasteiger partial charge >= 0.3 is 0 Å². The molecule has 0 aromatic heterocycles. The summed E-state index contributed by atoms with van der Waals surface area (Å²) >= 11 is 0. The van der Waals surface area contributed by atoms with Gasteiger partial charge in [0.05, 0.1) is 18.8 Å². The van der Waals surface area contributed by atoms with Crippen LogP contribution in [0.25, 0.3) is 0 Å². The standard InChI is InChI=1S/C13H16N2O/c14-7-3-8-15-10-13-12-5-2-1-4-11(12)6-9-16-13/h1-2,4-5,13,15H,3,6,8-10H2/t13-/m0/s1. The largest absolute Gasteiger partial charge is 0.372 e. The third-order valence-electron chi connectivity index (χ3n) is 2.84. The Kier molecular flexibility index (Phi) is 3.92. The molecule has 3 nitrogen and oxygen atoms in total. The van der Waals surface area contributed by atoms with Gasteiger partial charge in [-0.3, -0.25) is 0 Å². The first kappa shape index (κ1) is 11.1. The molecule has 16 heavy (non-hydrogen) atoms. The van der Waals surface area contributed by atoms with Gasteiger partial charge in [-0.25, -0.2) is 0 Å². The molecule has 1 atom stereocenters. The molecule has 84 valence electrons. The van der Waals surface area contributed by atoms with Gasteiger partial charge in [-0.2, -0.15) is 5.26 Å². The van der Waals surface area contributed by atoms with E-state index in [9.17, 15) is 0 Å². The van der Waals surface area contributed by atoms with E-state index in [1.165, 1.54) is 11.1 Å². The van der Waals surface area contributed by atoms with Gasteiger partial charge in [0.15, 0.2) is 0 Å². The van der Waals surface area contributed by atoms with Crippen molar-refractivity contribution >= 4 is 0 Å². The lowest BCUT2D eigenvalue weighted by molar-refractivity contribution is 0.0428. The van der Waals surface area contributed by atoms with Gasteiger partial charge in [-0.15, -0.1) is 0 Å². The molecule has 1 aliphatic heterocycles. The molecule has 0 amide bonds. The molecular weight excluding hydrogens is 200 g/mol. The zero-order valence-electron chi connectivity index (χ0n) is 9.28. The van der Waals surface area contributed by atoms with Crippen molar-refractivity contribution in [2.75, 3.05) is 19.7 Å². The molecule has 1 aliphatic rings. The molecule has 0 bridgehead atoms. The van der Waals surface area contributed by atoms with Gasteiger partial charge in [0.1, 0.15) is 0 Å². The number of nitriles is 1. The first-order chi connectivity index (χ1) is 7.92. The molecule has 2 rings (SSSR count). The van der Waals surface area contributed by atoms with Gasteiger partial charge in [-0.05, 0) is 17.5 Å². The first-order valence-corrected chi connectivity index (χ1v) is 5.69. The molecule has 0 saturated carbocycles. The molecule has 3 heteroatoms. The van der Waals surface area contributed by atoms with Gasteiger partial charge < -0.3 is 10.1 Å². The van der Waals surface area contributed by atoms with Crippen LogP contribution in [0.5, 0.6) is 0 Å². The van der Waals surface area contributed by atoms with E-state index < -0.39 is 0 Å². The van der Waals surface area contributed by atoms with E-state index in [0.29, 0.717) is 6.42 Å². The van der Waals surface area contributed by atoms with E-state index >= 15 is 0 Å². The fraction of sp³-hybridized carbons (Fsp3) is 0.462. The molecule has 0 unspecified atom stereocenters. The number of rotatable bonds is 4. The maximum atomic E-state index is 8.44. The van der Waals surface area contributed by atoms with Gasteiger partial charge in [-0.1, -0.05) is 24.3 Å². The van der Waals surface area contributed by atoms with Crippen molar-refractivity contribution < 1.29 is 4.74 Å². The number of ether oxygens (including phenoxy) is 1. The summed E-state index contributed by atoms with van der Waals surface area (Å²) in [6, 6.07) is 10.5. The second-order valence-electron chi connectivity index (χ2n) is 3.92. The molecule has 1 aromatic carbocycles. The number of fused-ring (bicyclic) bond motifs is 1. The number of hydrogen-bond acceptors (Lipinski definition) is 3. The third-order valence-corrected chi connectivity index (χ3v) is 2.84. The Hall–Kier alpha value is -1.37. The zero-order chi connectivity index (χ0) is 11.2. The second kappa shape index (κ2) is 5.64. The number of hydrogen-bond donors (Lipinski definition) is 1. The number of nitrogens with one attached hydrogen (secondary N) is 1. The lowest BCUT2D eigenvalue weighted by Crippen LogP contribution is -2.28. The minimum absolute atomic E-state index is 0.142. The Balaban J connectivity index is 1.94. The van der Waals surface area contributed by atoms with E-state index in [0.717, 1.165) is 26.1 Å². The fourth-order valence-corrected chi connectivity index (χ4v) is 2.02. The smallest absolute Gasteiger partial charge is 0.0952 e. The predicted octanol–water partition coefficient (Wildman–Crippen LogP) is 1.80. The number of nitrogens with zero attached hydrogens (tertiary/aromatic N) is 1. The highest BCUT2D eigenvalue weighted by molar-refractivity contribution is 5.31. The van der Waals surface area contributed by atoms with Crippen LogP contribution in [0, 0.1) is 11.3 Å². The maximum Gasteiger partial charge on any atom is 0.0952 e. The van der Waals surface area contributed by atoms with E-state index in [4.69, 9.17) is 10.00 Å². The van der Waals surface area contributed by atoms with Crippen molar-refractivity contribution in [3.05, 3.63) is 35.4 Å². The monoisotopic (exact) mass is 216 g/mol. The van der Waals surface area contributed by atoms with Crippen molar-refractivity contribution in [3.63, 3.8) is 0 Å². The summed E-state index contributed by atoms with van der Waals surface area (Å²) in [7, 11) is 0. The average Bonchev–Trinajstić information content (AvgIpc) is 2.35. The normalized spacial score (nSPS) is 18.8. The zero-order valence-corrected chi connectivity index (χ0v) is 9.28. The van der Waals surface area contributed by atoms with Crippen LogP contribution >= 0.6 is 0 Å². The Morgan fingerprint density at radius 2 is 2.31 bits per heavy atom. The highest BCUT2D eigenvalue weighted by Crippen LogP contribution is 2.25. The van der Waals surface area contributed by atoms with E-state index in [-0.39, 0.29) is 6.10 Å². The summed E-state index contributed by atoms with van der Waals surface area (Å²) in [5.41, 5.74) is 2.68. The van der Waals surface area contributed by atoms with Crippen molar-refractivity contribution in [1.29, 1.82) is 5.26 Å². The first-order valence-electron chi connectivity index (χ1n) is 5.69. The Morgan fingerprint density at radius 1 is 1.44 bits per heavy atom. The maximum absolute atomic E-state index is 8.44. The molecule has 0 aliphatic carbocycles. The van der Waals surface area contributed by atoms with Crippen molar-refractivity contribution in [1.82, 2.24) is 5.32 Å². The molecule has 0 saturated heterocycles. The summed E-state index contributed by atoms with van der Waals surface area (Å²) in [6.07, 6.45) is 1.70. The Morgan fingerprint density at radius 3 is 3.19 bits per heavy atom. The minimum atomic E-state index is 0.142. The highest BCUT2D eigenvalue weighted by Gasteiger charge is 2.19. The van der Waals surface area contributed by atoms with Gasteiger partial charge in [0.2, 0.25) is 0 Å². The van der Waals surface area contributed by atoms with Gasteiger partial charge in [0, 0.05) is 19.5 Å². The van der Waals surface area contributed by atoms with Gasteiger partial charge in [0.25, 0.3) is 0 Å². The van der Waals surface area contributed by atoms with Crippen molar-refractivity contribution in [2.24, 2.45) is 0 Å². The summed E-state index contributed by atoms with van der Waals surface area (Å²) in [5, 5.41) is 11.7. The van der Waals surface area contributed by atoms with E-state index in [2.05, 4.69) is 35.7 Å². The topological polar surface area (TPSA) is 45.0 Å². The fourth-order valence-electron chi connectivity index (χ4n) is 2.02. The summed E-state index contributed by atoms with van der Waals surface area (Å²) < 4.78 is 5.74. The third kappa shape index (κ3) is 2.60. The summed E-state index contributed by atoms with van der Waals surface area (Å²) in [4.78, 5) is 0. The van der Waals surface area contributed by atoms with Crippen molar-refractivity contribution in [2.45, 2.75) is 18.9 Å². The van der Waals surface area contributed by atoms with E-state index in [1.807, 2.05) is 0 Å². The lowest BCUT2D eigenvalue weighted by Gasteiger charge is -2.26. The molecular formula is C13H16N2O. The molecule has 0 fully saturated rings. The van der Waals surface area contributed by atoms with Crippen LogP contribution in [0.4, 0.5) is 0 Å². The van der Waals surface area contributed by atoms with Crippen LogP contribution in [0.1, 0.15) is 23.7 Å². The van der Waals surface area contributed by atoms with Crippen LogP contribution in [0.15, 0.2) is 24.3 Å². The number of benzene rings is 1. The molecule has 0 radical (unpaired) electrons. The molecule has 1 aromatic rings.